The molecule has 0 unspecified atom stereocenters. The molecule has 78 valence electrons. The largest absolute Gasteiger partial charge is 0.383 e. The first-order valence-electron chi connectivity index (χ1n) is 4.40. The first-order chi connectivity index (χ1) is 7.24. The van der Waals surface area contributed by atoms with Gasteiger partial charge in [-0.15, -0.1) is 11.3 Å². The van der Waals surface area contributed by atoms with Gasteiger partial charge in [0.25, 0.3) is 5.56 Å². The zero-order valence-corrected chi connectivity index (χ0v) is 9.18. The van der Waals surface area contributed by atoms with Crippen molar-refractivity contribution in [1.82, 2.24) is 15.2 Å². The molecule has 0 atom stereocenters. The van der Waals surface area contributed by atoms with Gasteiger partial charge in [0, 0.05) is 18.8 Å². The van der Waals surface area contributed by atoms with Crippen molar-refractivity contribution in [2.45, 2.75) is 6.92 Å². The van der Waals surface area contributed by atoms with E-state index in [1.54, 1.807) is 18.8 Å². The predicted octanol–water partition coefficient (Wildman–Crippen LogP) is 1.24. The van der Waals surface area contributed by atoms with E-state index in [1.165, 1.54) is 11.3 Å². The Bertz CT molecular complexity index is 517. The van der Waals surface area contributed by atoms with Crippen LogP contribution < -0.4 is 10.9 Å². The molecule has 0 bridgehead atoms. The first kappa shape index (κ1) is 9.85. The lowest BCUT2D eigenvalue weighted by Crippen LogP contribution is -2.15. The molecular formula is C9H10N4OS. The molecule has 6 heteroatoms. The van der Waals surface area contributed by atoms with Crippen molar-refractivity contribution in [1.29, 1.82) is 0 Å². The number of nitrogens with zero attached hydrogens (tertiary/aromatic N) is 2. The van der Waals surface area contributed by atoms with Crippen molar-refractivity contribution >= 4 is 17.0 Å². The summed E-state index contributed by atoms with van der Waals surface area (Å²) in [6, 6.07) is 0. The Labute approximate surface area is 90.2 Å². The van der Waals surface area contributed by atoms with Gasteiger partial charge in [-0.25, -0.2) is 5.10 Å². The van der Waals surface area contributed by atoms with E-state index in [4.69, 9.17) is 0 Å². The summed E-state index contributed by atoms with van der Waals surface area (Å²) in [5.41, 5.74) is 3.65. The van der Waals surface area contributed by atoms with Crippen LogP contribution in [0.15, 0.2) is 16.5 Å². The molecule has 5 nitrogen and oxygen atoms in total. The summed E-state index contributed by atoms with van der Waals surface area (Å²) in [4.78, 5) is 16.5. The summed E-state index contributed by atoms with van der Waals surface area (Å²) in [7, 11) is 1.72. The number of aromatic amines is 1. The molecule has 0 aliphatic heterocycles. The molecule has 0 spiro atoms. The SMILES string of the molecule is CNc1c(-c2cncs2)c(C)n[nH]c1=O. The number of anilines is 1. The molecule has 0 radical (unpaired) electrons. The quantitative estimate of drug-likeness (QED) is 0.802. The number of hydrogen-bond donors (Lipinski definition) is 2. The summed E-state index contributed by atoms with van der Waals surface area (Å²) < 4.78 is 0. The van der Waals surface area contributed by atoms with Crippen molar-refractivity contribution in [2.75, 3.05) is 12.4 Å². The van der Waals surface area contributed by atoms with Crippen molar-refractivity contribution < 1.29 is 0 Å². The first-order valence-corrected chi connectivity index (χ1v) is 5.28. The zero-order chi connectivity index (χ0) is 10.8. The Morgan fingerprint density at radius 2 is 2.33 bits per heavy atom. The molecule has 0 saturated carbocycles. The highest BCUT2D eigenvalue weighted by atomic mass is 32.1. The summed E-state index contributed by atoms with van der Waals surface area (Å²) >= 11 is 1.48. The maximum absolute atomic E-state index is 11.5. The van der Waals surface area contributed by atoms with Crippen LogP contribution in [0.1, 0.15) is 5.69 Å². The molecular weight excluding hydrogens is 212 g/mol. The number of aromatic nitrogens is 3. The normalized spacial score (nSPS) is 10.3. The molecule has 2 rings (SSSR count). The topological polar surface area (TPSA) is 70.7 Å². The third-order valence-electron chi connectivity index (χ3n) is 2.09. The van der Waals surface area contributed by atoms with E-state index in [0.29, 0.717) is 5.69 Å². The average Bonchev–Trinajstić information content (AvgIpc) is 2.74. The van der Waals surface area contributed by atoms with Gasteiger partial charge >= 0.3 is 0 Å². The molecule has 0 aliphatic carbocycles. The Balaban J connectivity index is 2.74. The predicted molar refractivity (Wildman–Crippen MR) is 60.2 cm³/mol. The zero-order valence-electron chi connectivity index (χ0n) is 8.37. The van der Waals surface area contributed by atoms with Crippen LogP contribution in [0.4, 0.5) is 5.69 Å². The smallest absolute Gasteiger partial charge is 0.288 e. The summed E-state index contributed by atoms with van der Waals surface area (Å²) in [6.45, 7) is 1.85. The minimum atomic E-state index is -0.216. The molecule has 0 saturated heterocycles. The van der Waals surface area contributed by atoms with Gasteiger partial charge in [-0.05, 0) is 6.92 Å². The second-order valence-electron chi connectivity index (χ2n) is 3.00. The third kappa shape index (κ3) is 1.63. The van der Waals surface area contributed by atoms with Gasteiger partial charge in [-0.2, -0.15) is 5.10 Å². The Morgan fingerprint density at radius 3 is 2.93 bits per heavy atom. The molecule has 15 heavy (non-hydrogen) atoms. The van der Waals surface area contributed by atoms with Crippen LogP contribution in [0.3, 0.4) is 0 Å². The fourth-order valence-corrected chi connectivity index (χ4v) is 2.14. The summed E-state index contributed by atoms with van der Waals surface area (Å²) in [5, 5.41) is 9.27. The van der Waals surface area contributed by atoms with Crippen molar-refractivity contribution in [3.8, 4) is 10.4 Å². The van der Waals surface area contributed by atoms with E-state index in [-0.39, 0.29) is 5.56 Å². The van der Waals surface area contributed by atoms with Gasteiger partial charge in [0.15, 0.2) is 0 Å². The minimum absolute atomic E-state index is 0.216. The lowest BCUT2D eigenvalue weighted by atomic mass is 10.1. The highest BCUT2D eigenvalue weighted by Crippen LogP contribution is 2.29. The Kier molecular flexibility index (Phi) is 2.51. The average molecular weight is 222 g/mol. The molecule has 0 aromatic carbocycles. The van der Waals surface area contributed by atoms with Crippen LogP contribution in [0.5, 0.6) is 0 Å². The van der Waals surface area contributed by atoms with Crippen LogP contribution in [0, 0.1) is 6.92 Å². The van der Waals surface area contributed by atoms with Gasteiger partial charge in [-0.3, -0.25) is 9.78 Å². The number of H-pyrrole nitrogens is 1. The van der Waals surface area contributed by atoms with E-state index in [1.807, 2.05) is 6.92 Å². The van der Waals surface area contributed by atoms with Gasteiger partial charge in [0.1, 0.15) is 5.69 Å². The summed E-state index contributed by atoms with van der Waals surface area (Å²) in [5.74, 6) is 0. The lowest BCUT2D eigenvalue weighted by Gasteiger charge is -2.07. The molecule has 0 amide bonds. The van der Waals surface area contributed by atoms with Crippen molar-refractivity contribution in [3.63, 3.8) is 0 Å². The van der Waals surface area contributed by atoms with Crippen LogP contribution in [0.25, 0.3) is 10.4 Å². The van der Waals surface area contributed by atoms with E-state index in [9.17, 15) is 4.79 Å². The second-order valence-corrected chi connectivity index (χ2v) is 3.89. The number of aryl methyl sites for hydroxylation is 1. The fraction of sp³-hybridized carbons (Fsp3) is 0.222. The molecule has 2 aromatic heterocycles. The van der Waals surface area contributed by atoms with E-state index in [0.717, 1.165) is 16.1 Å². The standard InChI is InChI=1S/C9H10N4OS/c1-5-7(6-3-11-4-15-6)8(10-2)9(14)13-12-5/h3-4H,1-2H3,(H,10,12)(H,13,14). The maximum atomic E-state index is 11.5. The molecule has 0 fully saturated rings. The number of rotatable bonds is 2. The van der Waals surface area contributed by atoms with Crippen molar-refractivity contribution in [3.05, 3.63) is 27.8 Å². The lowest BCUT2D eigenvalue weighted by molar-refractivity contribution is 0.951. The maximum Gasteiger partial charge on any atom is 0.288 e. The molecule has 2 N–H and O–H groups in total. The fourth-order valence-electron chi connectivity index (χ4n) is 1.42. The molecule has 2 aromatic rings. The Hall–Kier alpha value is -1.69. The van der Waals surface area contributed by atoms with Gasteiger partial charge < -0.3 is 5.32 Å². The van der Waals surface area contributed by atoms with E-state index in [2.05, 4.69) is 20.5 Å². The van der Waals surface area contributed by atoms with Gasteiger partial charge in [-0.1, -0.05) is 0 Å². The minimum Gasteiger partial charge on any atom is -0.383 e. The Morgan fingerprint density at radius 1 is 1.53 bits per heavy atom. The van der Waals surface area contributed by atoms with E-state index >= 15 is 0 Å². The number of thiazole rings is 1. The highest BCUT2D eigenvalue weighted by molar-refractivity contribution is 7.13. The van der Waals surface area contributed by atoms with Crippen LogP contribution in [-0.4, -0.2) is 22.2 Å². The van der Waals surface area contributed by atoms with Crippen LogP contribution in [0.2, 0.25) is 0 Å². The van der Waals surface area contributed by atoms with Gasteiger partial charge in [0.2, 0.25) is 0 Å². The monoisotopic (exact) mass is 222 g/mol. The molecule has 0 aliphatic rings. The number of nitrogens with one attached hydrogen (secondary N) is 2. The summed E-state index contributed by atoms with van der Waals surface area (Å²) in [6.07, 6.45) is 1.73. The second kappa shape index (κ2) is 3.82. The third-order valence-corrected chi connectivity index (χ3v) is 2.88. The number of hydrogen-bond acceptors (Lipinski definition) is 5. The van der Waals surface area contributed by atoms with Gasteiger partial charge in [0.05, 0.1) is 16.1 Å². The highest BCUT2D eigenvalue weighted by Gasteiger charge is 2.13. The molecule has 2 heterocycles. The van der Waals surface area contributed by atoms with Crippen molar-refractivity contribution in [2.24, 2.45) is 0 Å². The van der Waals surface area contributed by atoms with Crippen LogP contribution >= 0.6 is 11.3 Å². The van der Waals surface area contributed by atoms with E-state index < -0.39 is 0 Å². The van der Waals surface area contributed by atoms with Crippen LogP contribution in [-0.2, 0) is 0 Å².